The first-order chi connectivity index (χ1) is 9.06. The molecule has 0 bridgehead atoms. The van der Waals surface area contributed by atoms with Gasteiger partial charge in [0.25, 0.3) is 0 Å². The molecule has 1 saturated heterocycles. The average molecular weight is 273 g/mol. The third-order valence-electron chi connectivity index (χ3n) is 3.22. The number of ether oxygens (including phenoxy) is 1. The molecule has 3 N–H and O–H groups in total. The molecule has 19 heavy (non-hydrogen) atoms. The first kappa shape index (κ1) is 15.7. The number of carboxylic acid groups (broad SMARTS) is 1. The summed E-state index contributed by atoms with van der Waals surface area (Å²) in [5.74, 6) is -1.10. The van der Waals surface area contributed by atoms with Gasteiger partial charge in [0.1, 0.15) is 0 Å². The minimum Gasteiger partial charge on any atom is -0.480 e. The Labute approximate surface area is 113 Å². The quantitative estimate of drug-likeness (QED) is 0.627. The smallest absolute Gasteiger partial charge is 0.328 e. The number of methoxy groups -OCH3 is 1. The zero-order chi connectivity index (χ0) is 14.3. The van der Waals surface area contributed by atoms with E-state index in [0.717, 1.165) is 32.5 Å². The number of urea groups is 1. The summed E-state index contributed by atoms with van der Waals surface area (Å²) in [5.41, 5.74) is 0. The van der Waals surface area contributed by atoms with Crippen LogP contribution in [0.4, 0.5) is 4.79 Å². The van der Waals surface area contributed by atoms with E-state index < -0.39 is 18.0 Å². The third kappa shape index (κ3) is 5.44. The maximum atomic E-state index is 11.7. The van der Waals surface area contributed by atoms with Crippen molar-refractivity contribution in [3.63, 3.8) is 0 Å². The second-order valence-corrected chi connectivity index (χ2v) is 4.70. The topological polar surface area (TPSA) is 90.9 Å². The lowest BCUT2D eigenvalue weighted by atomic mass is 10.1. The molecule has 0 radical (unpaired) electrons. The first-order valence-electron chi connectivity index (χ1n) is 6.58. The fraction of sp³-hybridized carbons (Fsp3) is 0.833. The summed E-state index contributed by atoms with van der Waals surface area (Å²) < 4.78 is 4.76. The van der Waals surface area contributed by atoms with Crippen LogP contribution in [0.5, 0.6) is 0 Å². The molecule has 1 heterocycles. The maximum absolute atomic E-state index is 11.7. The number of aliphatic carboxylic acids is 1. The Hall–Kier alpha value is -1.34. The van der Waals surface area contributed by atoms with Crippen LogP contribution in [-0.2, 0) is 9.53 Å². The molecule has 0 spiro atoms. The number of amides is 2. The van der Waals surface area contributed by atoms with Crippen LogP contribution in [0.2, 0.25) is 0 Å². The highest BCUT2D eigenvalue weighted by Crippen LogP contribution is 2.09. The Kier molecular flexibility index (Phi) is 6.58. The van der Waals surface area contributed by atoms with Crippen LogP contribution in [0, 0.1) is 0 Å². The minimum atomic E-state index is -1.10. The Morgan fingerprint density at radius 2 is 2.26 bits per heavy atom. The van der Waals surface area contributed by atoms with Crippen molar-refractivity contribution in [2.75, 3.05) is 33.4 Å². The van der Waals surface area contributed by atoms with Crippen molar-refractivity contribution < 1.29 is 19.4 Å². The van der Waals surface area contributed by atoms with Crippen molar-refractivity contribution in [2.45, 2.75) is 31.8 Å². The highest BCUT2D eigenvalue weighted by molar-refractivity contribution is 5.82. The molecule has 2 atom stereocenters. The molecule has 1 fully saturated rings. The molecule has 0 saturated carbocycles. The fourth-order valence-corrected chi connectivity index (χ4v) is 2.19. The van der Waals surface area contributed by atoms with Gasteiger partial charge in [-0.15, -0.1) is 0 Å². The Bertz CT molecular complexity index is 311. The molecular weight excluding hydrogens is 250 g/mol. The van der Waals surface area contributed by atoms with Crippen molar-refractivity contribution in [3.8, 4) is 0 Å². The molecular formula is C12H23N3O4. The van der Waals surface area contributed by atoms with Crippen molar-refractivity contribution in [1.82, 2.24) is 15.5 Å². The van der Waals surface area contributed by atoms with Gasteiger partial charge in [-0.3, -0.25) is 0 Å². The van der Waals surface area contributed by atoms with E-state index in [0.29, 0.717) is 0 Å². The van der Waals surface area contributed by atoms with Crippen LogP contribution in [0.3, 0.4) is 0 Å². The van der Waals surface area contributed by atoms with Gasteiger partial charge in [0, 0.05) is 19.7 Å². The Morgan fingerprint density at radius 3 is 2.84 bits per heavy atom. The van der Waals surface area contributed by atoms with E-state index in [1.54, 1.807) is 0 Å². The number of nitrogens with zero attached hydrogens (tertiary/aromatic N) is 1. The second-order valence-electron chi connectivity index (χ2n) is 4.70. The molecule has 110 valence electrons. The predicted octanol–water partition coefficient (Wildman–Crippen LogP) is -0.130. The SMILES string of the molecule is CCN1CCCC(NC(=O)NC(COC)C(=O)O)C1. The summed E-state index contributed by atoms with van der Waals surface area (Å²) in [4.78, 5) is 24.9. The molecule has 7 nitrogen and oxygen atoms in total. The molecule has 0 aromatic rings. The molecule has 1 aliphatic heterocycles. The molecule has 7 heteroatoms. The van der Waals surface area contributed by atoms with Crippen LogP contribution in [0.25, 0.3) is 0 Å². The number of carboxylic acids is 1. The number of rotatable bonds is 6. The average Bonchev–Trinajstić information content (AvgIpc) is 2.38. The van der Waals surface area contributed by atoms with E-state index in [1.165, 1.54) is 7.11 Å². The lowest BCUT2D eigenvalue weighted by Crippen LogP contribution is -2.54. The van der Waals surface area contributed by atoms with Gasteiger partial charge in [-0.25, -0.2) is 9.59 Å². The van der Waals surface area contributed by atoms with Crippen molar-refractivity contribution in [2.24, 2.45) is 0 Å². The highest BCUT2D eigenvalue weighted by atomic mass is 16.5. The summed E-state index contributed by atoms with van der Waals surface area (Å²) in [6.45, 7) is 4.86. The van der Waals surface area contributed by atoms with E-state index in [-0.39, 0.29) is 12.6 Å². The molecule has 0 aromatic heterocycles. The molecule has 0 aliphatic carbocycles. The van der Waals surface area contributed by atoms with Crippen LogP contribution in [0.15, 0.2) is 0 Å². The monoisotopic (exact) mass is 273 g/mol. The third-order valence-corrected chi connectivity index (χ3v) is 3.22. The molecule has 1 rings (SSSR count). The number of carbonyl (C=O) groups is 2. The van der Waals surface area contributed by atoms with E-state index in [1.807, 2.05) is 0 Å². The van der Waals surface area contributed by atoms with Gasteiger partial charge in [-0.05, 0) is 25.9 Å². The summed E-state index contributed by atoms with van der Waals surface area (Å²) in [7, 11) is 1.40. The zero-order valence-electron chi connectivity index (χ0n) is 11.5. The molecule has 2 amide bonds. The van der Waals surface area contributed by atoms with Gasteiger partial charge in [-0.2, -0.15) is 0 Å². The number of carbonyl (C=O) groups excluding carboxylic acids is 1. The zero-order valence-corrected chi connectivity index (χ0v) is 11.5. The van der Waals surface area contributed by atoms with Gasteiger partial charge in [0.05, 0.1) is 6.61 Å². The van der Waals surface area contributed by atoms with Gasteiger partial charge in [0.15, 0.2) is 6.04 Å². The van der Waals surface area contributed by atoms with Crippen molar-refractivity contribution in [1.29, 1.82) is 0 Å². The van der Waals surface area contributed by atoms with Gasteiger partial charge < -0.3 is 25.4 Å². The van der Waals surface area contributed by atoms with E-state index in [9.17, 15) is 9.59 Å². The van der Waals surface area contributed by atoms with Crippen molar-refractivity contribution >= 4 is 12.0 Å². The van der Waals surface area contributed by atoms with Crippen LogP contribution < -0.4 is 10.6 Å². The number of hydrogen-bond acceptors (Lipinski definition) is 4. The Balaban J connectivity index is 2.39. The van der Waals surface area contributed by atoms with Crippen molar-refractivity contribution in [3.05, 3.63) is 0 Å². The highest BCUT2D eigenvalue weighted by Gasteiger charge is 2.23. The lowest BCUT2D eigenvalue weighted by molar-refractivity contribution is -0.140. The van der Waals surface area contributed by atoms with Gasteiger partial charge >= 0.3 is 12.0 Å². The summed E-state index contributed by atoms with van der Waals surface area (Å²) in [6, 6.07) is -1.39. The van der Waals surface area contributed by atoms with Crippen LogP contribution in [-0.4, -0.2) is 67.4 Å². The van der Waals surface area contributed by atoms with E-state index >= 15 is 0 Å². The number of likely N-dealkylation sites (N-methyl/N-ethyl adjacent to an activating group) is 1. The van der Waals surface area contributed by atoms with E-state index in [2.05, 4.69) is 22.5 Å². The van der Waals surface area contributed by atoms with Crippen LogP contribution in [0.1, 0.15) is 19.8 Å². The lowest BCUT2D eigenvalue weighted by Gasteiger charge is -2.32. The Morgan fingerprint density at radius 1 is 1.53 bits per heavy atom. The summed E-state index contributed by atoms with van der Waals surface area (Å²) >= 11 is 0. The standard InChI is InChI=1S/C12H23N3O4/c1-3-15-6-4-5-9(7-15)13-12(18)14-10(8-19-2)11(16)17/h9-10H,3-8H2,1-2H3,(H,16,17)(H2,13,14,18). The van der Waals surface area contributed by atoms with Gasteiger partial charge in [0.2, 0.25) is 0 Å². The maximum Gasteiger partial charge on any atom is 0.328 e. The van der Waals surface area contributed by atoms with Gasteiger partial charge in [-0.1, -0.05) is 6.92 Å². The predicted molar refractivity (Wildman–Crippen MR) is 70.1 cm³/mol. The molecule has 2 unspecified atom stereocenters. The fourth-order valence-electron chi connectivity index (χ4n) is 2.19. The second kappa shape index (κ2) is 7.96. The number of likely N-dealkylation sites (tertiary alicyclic amines) is 1. The molecule has 0 aromatic carbocycles. The number of nitrogens with one attached hydrogen (secondary N) is 2. The van der Waals surface area contributed by atoms with Crippen LogP contribution >= 0.6 is 0 Å². The summed E-state index contributed by atoms with van der Waals surface area (Å²) in [6.07, 6.45) is 1.96. The normalized spacial score (nSPS) is 21.7. The number of piperidine rings is 1. The minimum absolute atomic E-state index is 0.0471. The number of hydrogen-bond donors (Lipinski definition) is 3. The summed E-state index contributed by atoms with van der Waals surface area (Å²) in [5, 5.41) is 14.1. The molecule has 1 aliphatic rings. The largest absolute Gasteiger partial charge is 0.480 e. The van der Waals surface area contributed by atoms with E-state index in [4.69, 9.17) is 9.84 Å². The first-order valence-corrected chi connectivity index (χ1v) is 6.58.